The Morgan fingerprint density at radius 3 is 2.87 bits per heavy atom. The molecular weight excluding hydrogens is 260 g/mol. The van der Waals surface area contributed by atoms with Crippen molar-refractivity contribution in [1.82, 2.24) is 0 Å². The van der Waals surface area contributed by atoms with Crippen molar-refractivity contribution in [1.29, 1.82) is 0 Å². The summed E-state index contributed by atoms with van der Waals surface area (Å²) in [5.74, 6) is -1.60. The molecule has 0 saturated carbocycles. The number of aliphatic hydroxyl groups excluding tert-OH is 1. The first kappa shape index (κ1) is 10.6. The first-order valence-electron chi connectivity index (χ1n) is 4.79. The predicted molar refractivity (Wildman–Crippen MR) is 58.5 cm³/mol. The van der Waals surface area contributed by atoms with Gasteiger partial charge in [0.25, 0.3) is 0 Å². The van der Waals surface area contributed by atoms with E-state index in [1.54, 1.807) is 6.07 Å². The first-order valence-corrected chi connectivity index (χ1v) is 5.58. The summed E-state index contributed by atoms with van der Waals surface area (Å²) in [6.45, 7) is 0. The molecule has 0 fully saturated rings. The molecule has 2 rings (SSSR count). The van der Waals surface area contributed by atoms with Gasteiger partial charge in [0.05, 0.1) is 12.0 Å². The Bertz CT molecular complexity index is 403. The van der Waals surface area contributed by atoms with E-state index < -0.39 is 18.0 Å². The van der Waals surface area contributed by atoms with Crippen LogP contribution in [0.5, 0.6) is 0 Å². The van der Waals surface area contributed by atoms with Crippen molar-refractivity contribution in [3.05, 3.63) is 33.8 Å². The van der Waals surface area contributed by atoms with Crippen LogP contribution in [0.4, 0.5) is 0 Å². The van der Waals surface area contributed by atoms with E-state index in [9.17, 15) is 9.90 Å². The fourth-order valence-corrected chi connectivity index (χ4v) is 2.63. The van der Waals surface area contributed by atoms with Crippen molar-refractivity contribution in [2.75, 3.05) is 0 Å². The molecule has 80 valence electrons. The van der Waals surface area contributed by atoms with Crippen LogP contribution in [0.3, 0.4) is 0 Å². The van der Waals surface area contributed by atoms with Gasteiger partial charge in [-0.15, -0.1) is 0 Å². The van der Waals surface area contributed by atoms with Crippen LogP contribution in [0.2, 0.25) is 0 Å². The Morgan fingerprint density at radius 1 is 1.47 bits per heavy atom. The van der Waals surface area contributed by atoms with Gasteiger partial charge in [0.15, 0.2) is 0 Å². The van der Waals surface area contributed by atoms with E-state index in [-0.39, 0.29) is 0 Å². The highest BCUT2D eigenvalue weighted by atomic mass is 79.9. The average Bonchev–Trinajstić information content (AvgIpc) is 2.19. The quantitative estimate of drug-likeness (QED) is 0.822. The SMILES string of the molecule is O=C(O)C1CCc2c(Br)cccc2C1O. The number of benzene rings is 1. The lowest BCUT2D eigenvalue weighted by Gasteiger charge is -2.27. The number of carboxylic acid groups (broad SMARTS) is 1. The van der Waals surface area contributed by atoms with Gasteiger partial charge in [0.1, 0.15) is 0 Å². The third-order valence-corrected chi connectivity index (χ3v) is 3.62. The highest BCUT2D eigenvalue weighted by Gasteiger charge is 2.33. The zero-order valence-electron chi connectivity index (χ0n) is 7.98. The first-order chi connectivity index (χ1) is 7.11. The van der Waals surface area contributed by atoms with Crippen LogP contribution in [0.25, 0.3) is 0 Å². The number of carbonyl (C=O) groups is 1. The second-order valence-corrected chi connectivity index (χ2v) is 4.59. The van der Waals surface area contributed by atoms with Crippen molar-refractivity contribution in [3.63, 3.8) is 0 Å². The average molecular weight is 271 g/mol. The molecule has 1 aliphatic carbocycles. The molecule has 0 heterocycles. The normalized spacial score (nSPS) is 24.7. The van der Waals surface area contributed by atoms with E-state index in [1.807, 2.05) is 12.1 Å². The maximum atomic E-state index is 10.9. The summed E-state index contributed by atoms with van der Waals surface area (Å²) < 4.78 is 0.947. The van der Waals surface area contributed by atoms with E-state index in [2.05, 4.69) is 15.9 Å². The molecule has 0 aliphatic heterocycles. The molecule has 0 radical (unpaired) electrons. The van der Waals surface area contributed by atoms with Crippen molar-refractivity contribution in [3.8, 4) is 0 Å². The number of rotatable bonds is 1. The zero-order chi connectivity index (χ0) is 11.0. The molecule has 2 unspecified atom stereocenters. The smallest absolute Gasteiger partial charge is 0.309 e. The van der Waals surface area contributed by atoms with Gasteiger partial charge in [0.2, 0.25) is 0 Å². The summed E-state index contributed by atoms with van der Waals surface area (Å²) >= 11 is 3.41. The largest absolute Gasteiger partial charge is 0.481 e. The van der Waals surface area contributed by atoms with E-state index in [4.69, 9.17) is 5.11 Å². The van der Waals surface area contributed by atoms with E-state index in [1.165, 1.54) is 0 Å². The number of hydrogen-bond acceptors (Lipinski definition) is 2. The molecule has 4 heteroatoms. The second-order valence-electron chi connectivity index (χ2n) is 3.74. The van der Waals surface area contributed by atoms with Crippen LogP contribution in [-0.4, -0.2) is 16.2 Å². The molecule has 1 aliphatic rings. The van der Waals surface area contributed by atoms with Gasteiger partial charge in [-0.05, 0) is 30.0 Å². The molecule has 1 aromatic carbocycles. The van der Waals surface area contributed by atoms with Gasteiger partial charge in [-0.1, -0.05) is 28.1 Å². The Kier molecular flexibility index (Phi) is 2.80. The molecule has 0 spiro atoms. The number of fused-ring (bicyclic) bond motifs is 1. The van der Waals surface area contributed by atoms with E-state index in [0.717, 1.165) is 15.6 Å². The minimum atomic E-state index is -0.923. The van der Waals surface area contributed by atoms with E-state index >= 15 is 0 Å². The van der Waals surface area contributed by atoms with Gasteiger partial charge in [-0.2, -0.15) is 0 Å². The topological polar surface area (TPSA) is 57.5 Å². The lowest BCUT2D eigenvalue weighted by atomic mass is 9.81. The molecule has 0 saturated heterocycles. The predicted octanol–water partition coefficient (Wildman–Crippen LogP) is 2.13. The van der Waals surface area contributed by atoms with Crippen LogP contribution in [0, 0.1) is 5.92 Å². The van der Waals surface area contributed by atoms with Gasteiger partial charge in [-0.3, -0.25) is 4.79 Å². The summed E-state index contributed by atoms with van der Waals surface area (Å²) in [6.07, 6.45) is 0.306. The number of hydrogen-bond donors (Lipinski definition) is 2. The number of aliphatic carboxylic acids is 1. The molecule has 15 heavy (non-hydrogen) atoms. The Hall–Kier alpha value is -0.870. The monoisotopic (exact) mass is 270 g/mol. The number of halogens is 1. The summed E-state index contributed by atoms with van der Waals surface area (Å²) in [5, 5.41) is 18.8. The van der Waals surface area contributed by atoms with E-state index in [0.29, 0.717) is 12.8 Å². The molecule has 0 bridgehead atoms. The number of carboxylic acids is 1. The van der Waals surface area contributed by atoms with Crippen molar-refractivity contribution >= 4 is 21.9 Å². The molecule has 2 atom stereocenters. The Labute approximate surface area is 95.9 Å². The molecule has 1 aromatic rings. The second kappa shape index (κ2) is 3.94. The summed E-state index contributed by atoms with van der Waals surface area (Å²) in [5.41, 5.74) is 1.77. The van der Waals surface area contributed by atoms with Gasteiger partial charge >= 0.3 is 5.97 Å². The van der Waals surface area contributed by atoms with Gasteiger partial charge in [0, 0.05) is 4.47 Å². The van der Waals surface area contributed by atoms with Crippen LogP contribution in [-0.2, 0) is 11.2 Å². The number of aliphatic hydroxyl groups is 1. The Balaban J connectivity index is 2.42. The van der Waals surface area contributed by atoms with Crippen molar-refractivity contribution < 1.29 is 15.0 Å². The third kappa shape index (κ3) is 1.79. The Morgan fingerprint density at radius 2 is 2.20 bits per heavy atom. The van der Waals surface area contributed by atoms with Gasteiger partial charge in [-0.25, -0.2) is 0 Å². The highest BCUT2D eigenvalue weighted by molar-refractivity contribution is 9.10. The standard InChI is InChI=1S/C11H11BrO3/c12-9-3-1-2-7-6(9)4-5-8(10(7)13)11(14)15/h1-3,8,10,13H,4-5H2,(H,14,15). The molecule has 3 nitrogen and oxygen atoms in total. The van der Waals surface area contributed by atoms with Crippen LogP contribution in [0.1, 0.15) is 23.7 Å². The maximum Gasteiger partial charge on any atom is 0.309 e. The minimum absolute atomic E-state index is 0.492. The van der Waals surface area contributed by atoms with Crippen molar-refractivity contribution in [2.45, 2.75) is 18.9 Å². The van der Waals surface area contributed by atoms with Crippen molar-refractivity contribution in [2.24, 2.45) is 5.92 Å². The molecule has 2 N–H and O–H groups in total. The van der Waals surface area contributed by atoms with Crippen LogP contribution in [0.15, 0.2) is 22.7 Å². The van der Waals surface area contributed by atoms with Crippen LogP contribution < -0.4 is 0 Å². The molecular formula is C11H11BrO3. The fourth-order valence-electron chi connectivity index (χ4n) is 2.05. The summed E-state index contributed by atoms with van der Waals surface area (Å²) in [7, 11) is 0. The summed E-state index contributed by atoms with van der Waals surface area (Å²) in [6, 6.07) is 5.52. The fraction of sp³-hybridized carbons (Fsp3) is 0.364. The van der Waals surface area contributed by atoms with Gasteiger partial charge < -0.3 is 10.2 Å². The lowest BCUT2D eigenvalue weighted by Crippen LogP contribution is -2.27. The lowest BCUT2D eigenvalue weighted by molar-refractivity contribution is -0.146. The maximum absolute atomic E-state index is 10.9. The minimum Gasteiger partial charge on any atom is -0.481 e. The third-order valence-electron chi connectivity index (χ3n) is 2.88. The molecule has 0 aromatic heterocycles. The zero-order valence-corrected chi connectivity index (χ0v) is 9.57. The molecule has 0 amide bonds. The van der Waals surface area contributed by atoms with Crippen LogP contribution >= 0.6 is 15.9 Å². The highest BCUT2D eigenvalue weighted by Crippen LogP contribution is 2.37. The summed E-state index contributed by atoms with van der Waals surface area (Å²) in [4.78, 5) is 10.9.